The highest BCUT2D eigenvalue weighted by Gasteiger charge is 2.04. The van der Waals surface area contributed by atoms with Crippen molar-refractivity contribution in [3.8, 4) is 11.3 Å². The van der Waals surface area contributed by atoms with E-state index in [-0.39, 0.29) is 6.61 Å². The van der Waals surface area contributed by atoms with Gasteiger partial charge in [0.05, 0.1) is 5.69 Å². The minimum atomic E-state index is 0.176. The van der Waals surface area contributed by atoms with Crippen molar-refractivity contribution in [3.63, 3.8) is 0 Å². The molecule has 18 heavy (non-hydrogen) atoms. The van der Waals surface area contributed by atoms with Crippen LogP contribution in [0.2, 0.25) is 0 Å². The summed E-state index contributed by atoms with van der Waals surface area (Å²) in [5.41, 5.74) is 1.85. The smallest absolute Gasteiger partial charge is 0.148 e. The molecule has 0 spiro atoms. The Hall–Kier alpha value is -1.46. The zero-order valence-corrected chi connectivity index (χ0v) is 11.4. The summed E-state index contributed by atoms with van der Waals surface area (Å²) < 4.78 is 1.00. The van der Waals surface area contributed by atoms with Crippen LogP contribution in [0.5, 0.6) is 0 Å². The lowest BCUT2D eigenvalue weighted by molar-refractivity contribution is 0.292. The SMILES string of the molecule is OCCCNc1ccc(-c2ccccc2Br)nn1. The molecule has 0 atom stereocenters. The number of nitrogens with zero attached hydrogens (tertiary/aromatic N) is 2. The Morgan fingerprint density at radius 1 is 1.11 bits per heavy atom. The van der Waals surface area contributed by atoms with Crippen LogP contribution in [0.3, 0.4) is 0 Å². The molecule has 2 rings (SSSR count). The summed E-state index contributed by atoms with van der Waals surface area (Å²) >= 11 is 3.49. The van der Waals surface area contributed by atoms with E-state index in [4.69, 9.17) is 5.11 Å². The predicted molar refractivity (Wildman–Crippen MR) is 75.4 cm³/mol. The lowest BCUT2D eigenvalue weighted by Gasteiger charge is -2.05. The molecule has 0 aliphatic carbocycles. The first kappa shape index (κ1) is 13.0. The third-order valence-electron chi connectivity index (χ3n) is 2.46. The Morgan fingerprint density at radius 3 is 2.61 bits per heavy atom. The van der Waals surface area contributed by atoms with Crippen molar-refractivity contribution in [2.45, 2.75) is 6.42 Å². The molecule has 4 nitrogen and oxygen atoms in total. The van der Waals surface area contributed by atoms with Gasteiger partial charge in [0.25, 0.3) is 0 Å². The first-order valence-electron chi connectivity index (χ1n) is 5.74. The molecule has 94 valence electrons. The van der Waals surface area contributed by atoms with Crippen molar-refractivity contribution in [3.05, 3.63) is 40.9 Å². The van der Waals surface area contributed by atoms with E-state index in [1.54, 1.807) is 0 Å². The fourth-order valence-electron chi connectivity index (χ4n) is 1.53. The van der Waals surface area contributed by atoms with E-state index in [0.717, 1.165) is 21.5 Å². The van der Waals surface area contributed by atoms with Crippen LogP contribution in [-0.2, 0) is 0 Å². The van der Waals surface area contributed by atoms with Crippen molar-refractivity contribution in [1.82, 2.24) is 10.2 Å². The molecule has 1 aromatic heterocycles. The Labute approximate surface area is 114 Å². The number of benzene rings is 1. The maximum Gasteiger partial charge on any atom is 0.148 e. The van der Waals surface area contributed by atoms with Gasteiger partial charge in [-0.3, -0.25) is 0 Å². The Balaban J connectivity index is 2.10. The Morgan fingerprint density at radius 2 is 1.94 bits per heavy atom. The summed E-state index contributed by atoms with van der Waals surface area (Å²) in [6, 6.07) is 11.7. The number of hydrogen-bond donors (Lipinski definition) is 2. The van der Waals surface area contributed by atoms with E-state index in [1.165, 1.54) is 0 Å². The third-order valence-corrected chi connectivity index (χ3v) is 3.15. The van der Waals surface area contributed by atoms with Gasteiger partial charge in [0.15, 0.2) is 0 Å². The van der Waals surface area contributed by atoms with E-state index in [2.05, 4.69) is 31.4 Å². The van der Waals surface area contributed by atoms with E-state index in [0.29, 0.717) is 13.0 Å². The highest BCUT2D eigenvalue weighted by atomic mass is 79.9. The monoisotopic (exact) mass is 307 g/mol. The molecule has 0 fully saturated rings. The van der Waals surface area contributed by atoms with Crippen LogP contribution >= 0.6 is 15.9 Å². The number of aliphatic hydroxyl groups excluding tert-OH is 1. The summed E-state index contributed by atoms with van der Waals surface area (Å²) in [6.45, 7) is 0.870. The Bertz CT molecular complexity index is 502. The summed E-state index contributed by atoms with van der Waals surface area (Å²) in [6.07, 6.45) is 0.702. The largest absolute Gasteiger partial charge is 0.396 e. The first-order valence-corrected chi connectivity index (χ1v) is 6.54. The van der Waals surface area contributed by atoms with Gasteiger partial charge < -0.3 is 10.4 Å². The second-order valence-corrected chi connectivity index (χ2v) is 4.64. The van der Waals surface area contributed by atoms with Crippen molar-refractivity contribution < 1.29 is 5.11 Å². The van der Waals surface area contributed by atoms with Crippen LogP contribution < -0.4 is 5.32 Å². The van der Waals surface area contributed by atoms with E-state index in [9.17, 15) is 0 Å². The molecule has 0 unspecified atom stereocenters. The van der Waals surface area contributed by atoms with Crippen molar-refractivity contribution >= 4 is 21.7 Å². The summed E-state index contributed by atoms with van der Waals surface area (Å²) in [7, 11) is 0. The molecule has 0 aliphatic rings. The number of rotatable bonds is 5. The second-order valence-electron chi connectivity index (χ2n) is 3.79. The van der Waals surface area contributed by atoms with Gasteiger partial charge in [0.2, 0.25) is 0 Å². The Kier molecular flexibility index (Phi) is 4.66. The highest BCUT2D eigenvalue weighted by molar-refractivity contribution is 9.10. The van der Waals surface area contributed by atoms with Crippen LogP contribution in [0.25, 0.3) is 11.3 Å². The van der Waals surface area contributed by atoms with Crippen LogP contribution in [0.4, 0.5) is 5.82 Å². The van der Waals surface area contributed by atoms with Gasteiger partial charge in [0.1, 0.15) is 5.82 Å². The number of aromatic nitrogens is 2. The van der Waals surface area contributed by atoms with Gasteiger partial charge in [0, 0.05) is 23.2 Å². The molecule has 0 amide bonds. The summed E-state index contributed by atoms with van der Waals surface area (Å²) in [5, 5.41) is 20.1. The van der Waals surface area contributed by atoms with Crippen molar-refractivity contribution in [1.29, 1.82) is 0 Å². The number of nitrogens with one attached hydrogen (secondary N) is 1. The van der Waals surface area contributed by atoms with Gasteiger partial charge >= 0.3 is 0 Å². The highest BCUT2D eigenvalue weighted by Crippen LogP contribution is 2.25. The van der Waals surface area contributed by atoms with E-state index >= 15 is 0 Å². The van der Waals surface area contributed by atoms with Crippen molar-refractivity contribution in [2.75, 3.05) is 18.5 Å². The fourth-order valence-corrected chi connectivity index (χ4v) is 2.02. The topological polar surface area (TPSA) is 58.0 Å². The lowest BCUT2D eigenvalue weighted by Crippen LogP contribution is -2.05. The molecule has 5 heteroatoms. The maximum atomic E-state index is 8.69. The van der Waals surface area contributed by atoms with Crippen LogP contribution in [0.15, 0.2) is 40.9 Å². The minimum absolute atomic E-state index is 0.176. The zero-order valence-electron chi connectivity index (χ0n) is 9.81. The summed E-state index contributed by atoms with van der Waals surface area (Å²) in [5.74, 6) is 0.722. The summed E-state index contributed by atoms with van der Waals surface area (Å²) in [4.78, 5) is 0. The molecule has 2 N–H and O–H groups in total. The molecule has 0 aliphatic heterocycles. The average Bonchev–Trinajstić information content (AvgIpc) is 2.41. The fraction of sp³-hybridized carbons (Fsp3) is 0.231. The average molecular weight is 308 g/mol. The van der Waals surface area contributed by atoms with Gasteiger partial charge in [-0.15, -0.1) is 10.2 Å². The third kappa shape index (κ3) is 3.27. The maximum absolute atomic E-state index is 8.69. The van der Waals surface area contributed by atoms with Crippen LogP contribution in [0, 0.1) is 0 Å². The number of hydrogen-bond acceptors (Lipinski definition) is 4. The molecule has 0 saturated heterocycles. The standard InChI is InChI=1S/C13H14BrN3O/c14-11-5-2-1-4-10(11)12-6-7-13(17-16-12)15-8-3-9-18/h1-2,4-7,18H,3,8-9H2,(H,15,17). The molecule has 0 saturated carbocycles. The van der Waals surface area contributed by atoms with Crippen molar-refractivity contribution in [2.24, 2.45) is 0 Å². The lowest BCUT2D eigenvalue weighted by atomic mass is 10.1. The molecule has 1 aromatic carbocycles. The predicted octanol–water partition coefficient (Wildman–Crippen LogP) is 2.70. The van der Waals surface area contributed by atoms with Gasteiger partial charge in [-0.05, 0) is 24.6 Å². The first-order chi connectivity index (χ1) is 8.81. The quantitative estimate of drug-likeness (QED) is 0.834. The molecule has 0 bridgehead atoms. The minimum Gasteiger partial charge on any atom is -0.396 e. The number of aliphatic hydroxyl groups is 1. The molecule has 2 aromatic rings. The molecule has 0 radical (unpaired) electrons. The van der Waals surface area contributed by atoms with E-state index < -0.39 is 0 Å². The number of anilines is 1. The number of halogens is 1. The normalized spacial score (nSPS) is 10.3. The molecule has 1 heterocycles. The van der Waals surface area contributed by atoms with E-state index in [1.807, 2.05) is 36.4 Å². The van der Waals surface area contributed by atoms with Gasteiger partial charge in [-0.2, -0.15) is 0 Å². The van der Waals surface area contributed by atoms with Crippen LogP contribution in [-0.4, -0.2) is 28.5 Å². The van der Waals surface area contributed by atoms with Gasteiger partial charge in [-0.1, -0.05) is 34.1 Å². The zero-order chi connectivity index (χ0) is 12.8. The van der Waals surface area contributed by atoms with Crippen LogP contribution in [0.1, 0.15) is 6.42 Å². The van der Waals surface area contributed by atoms with Gasteiger partial charge in [-0.25, -0.2) is 0 Å². The second kappa shape index (κ2) is 6.47. The molecular weight excluding hydrogens is 294 g/mol. The molecular formula is C13H14BrN3O.